The lowest BCUT2D eigenvalue weighted by atomic mass is 9.92. The summed E-state index contributed by atoms with van der Waals surface area (Å²) in [4.78, 5) is 0. The number of benzene rings is 1. The third-order valence-corrected chi connectivity index (χ3v) is 3.18. The molecule has 17 heavy (non-hydrogen) atoms. The minimum Gasteiger partial charge on any atom is -0.347 e. The van der Waals surface area contributed by atoms with E-state index >= 15 is 0 Å². The summed E-state index contributed by atoms with van der Waals surface area (Å²) in [5, 5.41) is 1.30. The van der Waals surface area contributed by atoms with E-state index < -0.39 is 0 Å². The van der Waals surface area contributed by atoms with Gasteiger partial charge in [0.1, 0.15) is 0 Å². The van der Waals surface area contributed by atoms with Crippen molar-refractivity contribution in [3.63, 3.8) is 0 Å². The van der Waals surface area contributed by atoms with Crippen molar-refractivity contribution < 1.29 is 0 Å². The Balaban J connectivity index is 2.28. The van der Waals surface area contributed by atoms with Gasteiger partial charge in [-0.2, -0.15) is 0 Å². The monoisotopic (exact) mass is 230 g/mol. The average molecular weight is 230 g/mol. The van der Waals surface area contributed by atoms with Gasteiger partial charge in [-0.15, -0.1) is 0 Å². The predicted molar refractivity (Wildman–Crippen MR) is 73.9 cm³/mol. The van der Waals surface area contributed by atoms with Crippen LogP contribution in [-0.2, 0) is 13.1 Å². The molecule has 2 nitrogen and oxygen atoms in total. The van der Waals surface area contributed by atoms with Crippen LogP contribution in [-0.4, -0.2) is 4.57 Å². The summed E-state index contributed by atoms with van der Waals surface area (Å²) < 4.78 is 2.33. The van der Waals surface area contributed by atoms with E-state index in [2.05, 4.69) is 55.8 Å². The summed E-state index contributed by atoms with van der Waals surface area (Å²) >= 11 is 0. The van der Waals surface area contributed by atoms with Gasteiger partial charge < -0.3 is 10.3 Å². The molecule has 0 aliphatic rings. The molecular formula is C15H22N2. The molecule has 0 atom stereocenters. The molecule has 2 N–H and O–H groups in total. The Hall–Kier alpha value is -1.28. The number of nitrogens with two attached hydrogens (primary N) is 1. The van der Waals surface area contributed by atoms with E-state index in [4.69, 9.17) is 5.73 Å². The first-order valence-electron chi connectivity index (χ1n) is 6.27. The van der Waals surface area contributed by atoms with Gasteiger partial charge in [0.05, 0.1) is 0 Å². The van der Waals surface area contributed by atoms with E-state index in [9.17, 15) is 0 Å². The molecule has 0 bridgehead atoms. The van der Waals surface area contributed by atoms with Crippen molar-refractivity contribution in [2.45, 2.75) is 40.3 Å². The van der Waals surface area contributed by atoms with E-state index in [0.717, 1.165) is 6.54 Å². The highest BCUT2D eigenvalue weighted by atomic mass is 14.9. The maximum Gasteiger partial charge on any atom is 0.0483 e. The highest BCUT2D eigenvalue weighted by Crippen LogP contribution is 2.23. The Labute approximate surface area is 103 Å². The third-order valence-electron chi connectivity index (χ3n) is 3.18. The number of hydrogen-bond acceptors (Lipinski definition) is 1. The molecule has 0 radical (unpaired) electrons. The van der Waals surface area contributed by atoms with Gasteiger partial charge in [0.2, 0.25) is 0 Å². The lowest BCUT2D eigenvalue weighted by Crippen LogP contribution is -2.09. The van der Waals surface area contributed by atoms with Gasteiger partial charge in [0.25, 0.3) is 0 Å². The third kappa shape index (κ3) is 2.89. The van der Waals surface area contributed by atoms with Gasteiger partial charge in [-0.1, -0.05) is 32.9 Å². The first-order chi connectivity index (χ1) is 7.99. The van der Waals surface area contributed by atoms with Crippen LogP contribution in [0.3, 0.4) is 0 Å². The van der Waals surface area contributed by atoms with Crippen molar-refractivity contribution in [2.75, 3.05) is 0 Å². The molecule has 0 aliphatic carbocycles. The van der Waals surface area contributed by atoms with Crippen molar-refractivity contribution in [3.05, 3.63) is 36.0 Å². The first-order valence-corrected chi connectivity index (χ1v) is 6.27. The van der Waals surface area contributed by atoms with Crippen molar-refractivity contribution in [2.24, 2.45) is 11.1 Å². The van der Waals surface area contributed by atoms with Crippen LogP contribution in [0.2, 0.25) is 0 Å². The summed E-state index contributed by atoms with van der Waals surface area (Å²) in [6, 6.07) is 8.65. The van der Waals surface area contributed by atoms with Gasteiger partial charge in [0, 0.05) is 24.8 Å². The molecule has 2 rings (SSSR count). The fourth-order valence-corrected chi connectivity index (χ4v) is 2.01. The van der Waals surface area contributed by atoms with Gasteiger partial charge in [-0.05, 0) is 34.9 Å². The number of aryl methyl sites for hydroxylation is 1. The number of rotatable bonds is 3. The maximum atomic E-state index is 5.69. The molecule has 2 heteroatoms. The lowest BCUT2D eigenvalue weighted by Gasteiger charge is -2.18. The zero-order chi connectivity index (χ0) is 12.5. The van der Waals surface area contributed by atoms with E-state index in [-0.39, 0.29) is 0 Å². The van der Waals surface area contributed by atoms with Crippen molar-refractivity contribution >= 4 is 10.9 Å². The molecule has 0 unspecified atom stereocenters. The van der Waals surface area contributed by atoms with E-state index in [1.54, 1.807) is 0 Å². The van der Waals surface area contributed by atoms with E-state index in [1.807, 2.05) is 0 Å². The molecule has 0 amide bonds. The molecule has 1 aromatic carbocycles. The van der Waals surface area contributed by atoms with Crippen LogP contribution in [0.15, 0.2) is 30.5 Å². The van der Waals surface area contributed by atoms with Crippen molar-refractivity contribution in [1.82, 2.24) is 4.57 Å². The summed E-state index contributed by atoms with van der Waals surface area (Å²) in [6.07, 6.45) is 3.36. The molecule has 2 aromatic rings. The Morgan fingerprint density at radius 3 is 2.59 bits per heavy atom. The Morgan fingerprint density at radius 1 is 1.18 bits per heavy atom. The van der Waals surface area contributed by atoms with Crippen LogP contribution < -0.4 is 5.73 Å². The van der Waals surface area contributed by atoms with Crippen molar-refractivity contribution in [3.8, 4) is 0 Å². The van der Waals surface area contributed by atoms with Gasteiger partial charge in [0.15, 0.2) is 0 Å². The van der Waals surface area contributed by atoms with Gasteiger partial charge in [-0.25, -0.2) is 0 Å². The Kier molecular flexibility index (Phi) is 3.25. The highest BCUT2D eigenvalue weighted by molar-refractivity contribution is 5.80. The number of aromatic nitrogens is 1. The second-order valence-electron chi connectivity index (χ2n) is 5.92. The van der Waals surface area contributed by atoms with E-state index in [1.165, 1.54) is 22.9 Å². The lowest BCUT2D eigenvalue weighted by molar-refractivity contribution is 0.353. The standard InChI is InChI=1S/C15H22N2/c1-15(2,3)7-9-17-8-6-13-5-4-12(11-16)10-14(13)17/h4-6,8,10H,7,9,11,16H2,1-3H3. The first kappa shape index (κ1) is 12.2. The normalized spacial score (nSPS) is 12.2. The average Bonchev–Trinajstić information content (AvgIpc) is 2.67. The molecule has 0 saturated heterocycles. The Morgan fingerprint density at radius 2 is 1.94 bits per heavy atom. The minimum absolute atomic E-state index is 0.377. The smallest absolute Gasteiger partial charge is 0.0483 e. The topological polar surface area (TPSA) is 30.9 Å². The van der Waals surface area contributed by atoms with Crippen LogP contribution >= 0.6 is 0 Å². The number of hydrogen-bond donors (Lipinski definition) is 1. The summed E-state index contributed by atoms with van der Waals surface area (Å²) in [7, 11) is 0. The molecule has 1 heterocycles. The largest absolute Gasteiger partial charge is 0.347 e. The molecule has 0 aliphatic heterocycles. The predicted octanol–water partition coefficient (Wildman–Crippen LogP) is 3.54. The zero-order valence-electron chi connectivity index (χ0n) is 11.0. The second-order valence-corrected chi connectivity index (χ2v) is 5.92. The zero-order valence-corrected chi connectivity index (χ0v) is 11.0. The molecule has 0 spiro atoms. The second kappa shape index (κ2) is 4.53. The maximum absolute atomic E-state index is 5.69. The molecule has 1 aromatic heterocycles. The van der Waals surface area contributed by atoms with Crippen LogP contribution in [0.1, 0.15) is 32.8 Å². The summed E-state index contributed by atoms with van der Waals surface area (Å²) in [6.45, 7) is 8.53. The molecule has 0 fully saturated rings. The van der Waals surface area contributed by atoms with E-state index in [0.29, 0.717) is 12.0 Å². The van der Waals surface area contributed by atoms with Gasteiger partial charge >= 0.3 is 0 Å². The highest BCUT2D eigenvalue weighted by Gasteiger charge is 2.10. The molecular weight excluding hydrogens is 208 g/mol. The quantitative estimate of drug-likeness (QED) is 0.859. The van der Waals surface area contributed by atoms with Crippen molar-refractivity contribution in [1.29, 1.82) is 0 Å². The summed E-state index contributed by atoms with van der Waals surface area (Å²) in [5.74, 6) is 0. The van der Waals surface area contributed by atoms with Crippen LogP contribution in [0.4, 0.5) is 0 Å². The number of fused-ring (bicyclic) bond motifs is 1. The molecule has 92 valence electrons. The summed E-state index contributed by atoms with van der Waals surface area (Å²) in [5.41, 5.74) is 8.58. The van der Waals surface area contributed by atoms with Gasteiger partial charge in [-0.3, -0.25) is 0 Å². The fourth-order valence-electron chi connectivity index (χ4n) is 2.01. The van der Waals surface area contributed by atoms with Crippen LogP contribution in [0.25, 0.3) is 10.9 Å². The molecule has 0 saturated carbocycles. The SMILES string of the molecule is CC(C)(C)CCn1ccc2ccc(CN)cc21. The fraction of sp³-hybridized carbons (Fsp3) is 0.467. The number of nitrogens with zero attached hydrogens (tertiary/aromatic N) is 1. The minimum atomic E-state index is 0.377. The van der Waals surface area contributed by atoms with Crippen LogP contribution in [0.5, 0.6) is 0 Å². The van der Waals surface area contributed by atoms with Crippen LogP contribution in [0, 0.1) is 5.41 Å². The Bertz CT molecular complexity index is 503.